The molecule has 0 saturated carbocycles. The van der Waals surface area contributed by atoms with Crippen LogP contribution >= 0.6 is 0 Å². The third kappa shape index (κ3) is 6.10. The van der Waals surface area contributed by atoms with E-state index in [1.54, 1.807) is 13.2 Å². The van der Waals surface area contributed by atoms with Crippen molar-refractivity contribution in [2.45, 2.75) is 39.3 Å². The average molecular weight is 413 g/mol. The van der Waals surface area contributed by atoms with Crippen molar-refractivity contribution in [1.82, 2.24) is 9.88 Å². The van der Waals surface area contributed by atoms with Crippen LogP contribution in [0.4, 0.5) is 5.82 Å². The first-order valence-electron chi connectivity index (χ1n) is 10.5. The Morgan fingerprint density at radius 2 is 2.00 bits per heavy atom. The van der Waals surface area contributed by atoms with E-state index < -0.39 is 5.91 Å². The van der Waals surface area contributed by atoms with Gasteiger partial charge in [0, 0.05) is 31.9 Å². The van der Waals surface area contributed by atoms with Crippen molar-refractivity contribution in [3.05, 3.63) is 47.7 Å². The van der Waals surface area contributed by atoms with E-state index in [9.17, 15) is 4.79 Å². The normalized spacial score (nSPS) is 15.2. The number of rotatable bonds is 9. The fraction of sp³-hybridized carbons (Fsp3) is 0.478. The first kappa shape index (κ1) is 21.9. The zero-order valence-electron chi connectivity index (χ0n) is 18.1. The number of carbonyl (C=O) groups excluding carboxylic acids is 1. The van der Waals surface area contributed by atoms with E-state index in [1.807, 2.05) is 12.1 Å². The van der Waals surface area contributed by atoms with Gasteiger partial charge >= 0.3 is 0 Å². The highest BCUT2D eigenvalue weighted by Gasteiger charge is 2.20. The number of piperidine rings is 1. The minimum atomic E-state index is -0.460. The van der Waals surface area contributed by atoms with E-state index in [0.717, 1.165) is 49.8 Å². The minimum Gasteiger partial charge on any atom is -0.493 e. The second-order valence-corrected chi connectivity index (χ2v) is 8.18. The lowest BCUT2D eigenvalue weighted by molar-refractivity contribution is 0.1000. The van der Waals surface area contributed by atoms with Crippen molar-refractivity contribution in [3.8, 4) is 11.5 Å². The highest BCUT2D eigenvalue weighted by molar-refractivity contribution is 5.92. The number of anilines is 1. The molecule has 1 fully saturated rings. The lowest BCUT2D eigenvalue weighted by Crippen LogP contribution is -2.38. The number of nitrogens with zero attached hydrogens (tertiary/aromatic N) is 2. The second kappa shape index (κ2) is 10.3. The maximum Gasteiger partial charge on any atom is 0.250 e. The summed E-state index contributed by atoms with van der Waals surface area (Å²) in [7, 11) is 1.67. The first-order valence-corrected chi connectivity index (χ1v) is 10.5. The van der Waals surface area contributed by atoms with Crippen LogP contribution in [0.15, 0.2) is 36.5 Å². The molecule has 1 amide bonds. The fourth-order valence-electron chi connectivity index (χ4n) is 3.52. The van der Waals surface area contributed by atoms with E-state index in [2.05, 4.69) is 41.2 Å². The van der Waals surface area contributed by atoms with Crippen LogP contribution in [0, 0.1) is 5.92 Å². The Labute approximate surface area is 178 Å². The number of carbonyl (C=O) groups is 1. The Kier molecular flexibility index (Phi) is 7.52. The van der Waals surface area contributed by atoms with Crippen molar-refractivity contribution >= 4 is 11.7 Å². The summed E-state index contributed by atoms with van der Waals surface area (Å²) in [6.07, 6.45) is 3.58. The van der Waals surface area contributed by atoms with Crippen LogP contribution in [0.3, 0.4) is 0 Å². The quantitative estimate of drug-likeness (QED) is 0.657. The number of nitrogens with two attached hydrogens (primary N) is 1. The number of hydrogen-bond acceptors (Lipinski definition) is 6. The molecule has 1 aliphatic rings. The van der Waals surface area contributed by atoms with Gasteiger partial charge in [-0.25, -0.2) is 4.98 Å². The zero-order valence-corrected chi connectivity index (χ0v) is 18.1. The number of likely N-dealkylation sites (tertiary alicyclic amines) is 1. The molecule has 7 heteroatoms. The summed E-state index contributed by atoms with van der Waals surface area (Å²) in [6.45, 7) is 7.84. The molecule has 30 heavy (non-hydrogen) atoms. The van der Waals surface area contributed by atoms with Gasteiger partial charge < -0.3 is 20.5 Å². The monoisotopic (exact) mass is 412 g/mol. The molecule has 0 radical (unpaired) electrons. The Hall–Kier alpha value is -2.80. The third-order valence-corrected chi connectivity index (χ3v) is 5.19. The van der Waals surface area contributed by atoms with Crippen LogP contribution in [0.2, 0.25) is 0 Å². The number of nitrogens with one attached hydrogen (secondary N) is 1. The molecule has 3 N–H and O–H groups in total. The Bertz CT molecular complexity index is 831. The highest BCUT2D eigenvalue weighted by atomic mass is 16.5. The van der Waals surface area contributed by atoms with E-state index in [4.69, 9.17) is 15.2 Å². The third-order valence-electron chi connectivity index (χ3n) is 5.19. The van der Waals surface area contributed by atoms with Crippen LogP contribution in [0.25, 0.3) is 0 Å². The van der Waals surface area contributed by atoms with Crippen LogP contribution in [0.5, 0.6) is 11.5 Å². The van der Waals surface area contributed by atoms with E-state index in [-0.39, 0.29) is 0 Å². The van der Waals surface area contributed by atoms with Crippen molar-refractivity contribution in [1.29, 1.82) is 0 Å². The Balaban J connectivity index is 1.51. The number of aromatic nitrogens is 1. The maximum atomic E-state index is 11.2. The standard InChI is InChI=1S/C23H32N4O3/c1-16(2)15-30-21-12-17(4-6-20(21)29-3)14-27-10-8-19(9-11-27)26-22-7-5-18(13-25-22)23(24)28/h4-7,12-13,16,19H,8-11,14-15H2,1-3H3,(H2,24,28)(H,25,26). The van der Waals surface area contributed by atoms with Crippen LogP contribution in [-0.2, 0) is 6.54 Å². The van der Waals surface area contributed by atoms with Gasteiger partial charge in [0.25, 0.3) is 0 Å². The predicted molar refractivity (Wildman–Crippen MR) is 118 cm³/mol. The van der Waals surface area contributed by atoms with Crippen molar-refractivity contribution in [3.63, 3.8) is 0 Å². The van der Waals surface area contributed by atoms with Gasteiger partial charge in [0.1, 0.15) is 5.82 Å². The average Bonchev–Trinajstić information content (AvgIpc) is 2.74. The highest BCUT2D eigenvalue weighted by Crippen LogP contribution is 2.29. The van der Waals surface area contributed by atoms with Gasteiger partial charge in [-0.15, -0.1) is 0 Å². The number of methoxy groups -OCH3 is 1. The zero-order chi connectivity index (χ0) is 21.5. The molecule has 7 nitrogen and oxygen atoms in total. The molecule has 2 heterocycles. The first-order chi connectivity index (χ1) is 14.4. The van der Waals surface area contributed by atoms with Gasteiger partial charge in [0.15, 0.2) is 11.5 Å². The molecular weight excluding hydrogens is 380 g/mol. The summed E-state index contributed by atoms with van der Waals surface area (Å²) in [5.41, 5.74) is 6.91. The van der Waals surface area contributed by atoms with Gasteiger partial charge in [-0.1, -0.05) is 19.9 Å². The molecule has 1 aliphatic heterocycles. The number of pyridine rings is 1. The van der Waals surface area contributed by atoms with Crippen molar-refractivity contribution < 1.29 is 14.3 Å². The van der Waals surface area contributed by atoms with Crippen LogP contribution in [-0.4, -0.2) is 48.6 Å². The van der Waals surface area contributed by atoms with Gasteiger partial charge in [0.05, 0.1) is 19.3 Å². The SMILES string of the molecule is COc1ccc(CN2CCC(Nc3ccc(C(N)=O)cn3)CC2)cc1OCC(C)C. The van der Waals surface area contributed by atoms with Gasteiger partial charge in [0.2, 0.25) is 5.91 Å². The van der Waals surface area contributed by atoms with Crippen molar-refractivity contribution in [2.24, 2.45) is 11.7 Å². The molecule has 0 unspecified atom stereocenters. The summed E-state index contributed by atoms with van der Waals surface area (Å²) in [5.74, 6) is 2.37. The Morgan fingerprint density at radius 1 is 1.23 bits per heavy atom. The predicted octanol–water partition coefficient (Wildman–Crippen LogP) is 3.30. The molecule has 1 aromatic carbocycles. The van der Waals surface area contributed by atoms with Crippen LogP contribution < -0.4 is 20.5 Å². The molecule has 0 atom stereocenters. The molecule has 0 spiro atoms. The summed E-state index contributed by atoms with van der Waals surface area (Å²) >= 11 is 0. The minimum absolute atomic E-state index is 0.369. The number of hydrogen-bond donors (Lipinski definition) is 2. The number of ether oxygens (including phenoxy) is 2. The topological polar surface area (TPSA) is 89.7 Å². The van der Waals surface area contributed by atoms with Gasteiger partial charge in [-0.3, -0.25) is 9.69 Å². The molecule has 162 valence electrons. The number of benzene rings is 1. The molecular formula is C23H32N4O3. The van der Waals surface area contributed by atoms with Gasteiger partial charge in [-0.05, 0) is 48.6 Å². The largest absolute Gasteiger partial charge is 0.493 e. The summed E-state index contributed by atoms with van der Waals surface area (Å²) in [5, 5.41) is 3.46. The second-order valence-electron chi connectivity index (χ2n) is 8.18. The number of amides is 1. The summed E-state index contributed by atoms with van der Waals surface area (Å²) in [4.78, 5) is 17.9. The van der Waals surface area contributed by atoms with E-state index >= 15 is 0 Å². The summed E-state index contributed by atoms with van der Waals surface area (Å²) < 4.78 is 11.4. The molecule has 0 aliphatic carbocycles. The van der Waals surface area contributed by atoms with Crippen molar-refractivity contribution in [2.75, 3.05) is 32.1 Å². The molecule has 1 aromatic heterocycles. The number of primary amides is 1. The maximum absolute atomic E-state index is 11.2. The van der Waals surface area contributed by atoms with Crippen LogP contribution in [0.1, 0.15) is 42.6 Å². The summed E-state index contributed by atoms with van der Waals surface area (Å²) in [6, 6.07) is 10.1. The van der Waals surface area contributed by atoms with E-state index in [0.29, 0.717) is 24.1 Å². The smallest absolute Gasteiger partial charge is 0.250 e. The fourth-order valence-corrected chi connectivity index (χ4v) is 3.52. The lowest BCUT2D eigenvalue weighted by atomic mass is 10.0. The molecule has 2 aromatic rings. The molecule has 1 saturated heterocycles. The molecule has 0 bridgehead atoms. The lowest BCUT2D eigenvalue weighted by Gasteiger charge is -2.32. The van der Waals surface area contributed by atoms with E-state index in [1.165, 1.54) is 11.8 Å². The van der Waals surface area contributed by atoms with Gasteiger partial charge in [-0.2, -0.15) is 0 Å². The Morgan fingerprint density at radius 3 is 2.60 bits per heavy atom. The molecule has 3 rings (SSSR count).